The van der Waals surface area contributed by atoms with Gasteiger partial charge >= 0.3 is 0 Å². The van der Waals surface area contributed by atoms with Crippen molar-refractivity contribution in [3.05, 3.63) is 45.7 Å². The lowest BCUT2D eigenvalue weighted by Gasteiger charge is -2.07. The summed E-state index contributed by atoms with van der Waals surface area (Å²) < 4.78 is 5.06. The summed E-state index contributed by atoms with van der Waals surface area (Å²) in [5.74, 6) is 0. The fraction of sp³-hybridized carbons (Fsp3) is 0.357. The molecule has 0 aliphatic heterocycles. The number of nitrogens with one attached hydrogen (secondary N) is 1. The molecule has 2 aromatic rings. The maximum atomic E-state index is 12.0. The second-order valence-corrected chi connectivity index (χ2v) is 4.18. The van der Waals surface area contributed by atoms with Crippen molar-refractivity contribution >= 4 is 10.9 Å². The Bertz CT molecular complexity index is 572. The van der Waals surface area contributed by atoms with Gasteiger partial charge in [-0.15, -0.1) is 0 Å². The molecule has 1 aromatic heterocycles. The molecule has 2 rings (SSSR count). The second kappa shape index (κ2) is 5.15. The van der Waals surface area contributed by atoms with E-state index in [9.17, 15) is 4.79 Å². The van der Waals surface area contributed by atoms with Crippen LogP contribution in [0, 0.1) is 0 Å². The molecule has 0 atom stereocenters. The van der Waals surface area contributed by atoms with Gasteiger partial charge in [-0.25, -0.2) is 0 Å². The molecule has 3 heteroatoms. The number of benzene rings is 1. The van der Waals surface area contributed by atoms with Crippen LogP contribution >= 0.6 is 0 Å². The third-order valence-electron chi connectivity index (χ3n) is 2.83. The van der Waals surface area contributed by atoms with Gasteiger partial charge in [0.1, 0.15) is 0 Å². The van der Waals surface area contributed by atoms with E-state index >= 15 is 0 Å². The third kappa shape index (κ3) is 2.39. The number of fused-ring (bicyclic) bond motifs is 1. The summed E-state index contributed by atoms with van der Waals surface area (Å²) >= 11 is 0. The lowest BCUT2D eigenvalue weighted by Crippen LogP contribution is -2.07. The molecule has 1 N–H and O–H groups in total. The van der Waals surface area contributed by atoms with E-state index in [1.54, 1.807) is 13.2 Å². The number of ether oxygens (including phenoxy) is 1. The van der Waals surface area contributed by atoms with Crippen molar-refractivity contribution in [1.29, 1.82) is 0 Å². The van der Waals surface area contributed by atoms with Gasteiger partial charge in [0.25, 0.3) is 0 Å². The zero-order chi connectivity index (χ0) is 12.3. The van der Waals surface area contributed by atoms with Gasteiger partial charge in [-0.2, -0.15) is 0 Å². The van der Waals surface area contributed by atoms with Gasteiger partial charge in [-0.1, -0.05) is 25.5 Å². The second-order valence-electron chi connectivity index (χ2n) is 4.18. The minimum Gasteiger partial charge on any atom is -0.378 e. The van der Waals surface area contributed by atoms with E-state index in [-0.39, 0.29) is 5.43 Å². The topological polar surface area (TPSA) is 42.1 Å². The molecule has 0 aliphatic rings. The minimum atomic E-state index is 0.0590. The van der Waals surface area contributed by atoms with Crippen molar-refractivity contribution in [3.63, 3.8) is 0 Å². The summed E-state index contributed by atoms with van der Waals surface area (Å²) in [4.78, 5) is 15.3. The quantitative estimate of drug-likeness (QED) is 0.878. The first-order valence-corrected chi connectivity index (χ1v) is 5.89. The Kier molecular flexibility index (Phi) is 3.59. The zero-order valence-corrected chi connectivity index (χ0v) is 10.2. The molecule has 0 amide bonds. The summed E-state index contributed by atoms with van der Waals surface area (Å²) in [7, 11) is 1.63. The highest BCUT2D eigenvalue weighted by molar-refractivity contribution is 5.81. The Morgan fingerprint density at radius 3 is 2.88 bits per heavy atom. The molecule has 0 saturated carbocycles. The van der Waals surface area contributed by atoms with Crippen LogP contribution < -0.4 is 5.43 Å². The highest BCUT2D eigenvalue weighted by Gasteiger charge is 2.05. The Balaban J connectivity index is 2.65. The van der Waals surface area contributed by atoms with Crippen molar-refractivity contribution in [3.8, 4) is 0 Å². The lowest BCUT2D eigenvalue weighted by molar-refractivity contribution is 0.181. The van der Waals surface area contributed by atoms with Gasteiger partial charge in [-0.05, 0) is 18.1 Å². The SMILES string of the molecule is CCCc1cccc2c(=O)cc(COC)[nH]c12. The Morgan fingerprint density at radius 1 is 1.35 bits per heavy atom. The minimum absolute atomic E-state index is 0.0590. The summed E-state index contributed by atoms with van der Waals surface area (Å²) in [6, 6.07) is 7.49. The van der Waals surface area contributed by atoms with Crippen LogP contribution in [0.5, 0.6) is 0 Å². The van der Waals surface area contributed by atoms with Gasteiger partial charge < -0.3 is 9.72 Å². The fourth-order valence-corrected chi connectivity index (χ4v) is 2.10. The molecule has 0 saturated heterocycles. The number of H-pyrrole nitrogens is 1. The number of aromatic amines is 1. The number of aryl methyl sites for hydroxylation is 1. The van der Waals surface area contributed by atoms with Crippen LogP contribution in [0.1, 0.15) is 24.6 Å². The molecule has 0 aliphatic carbocycles. The van der Waals surface area contributed by atoms with E-state index < -0.39 is 0 Å². The fourth-order valence-electron chi connectivity index (χ4n) is 2.10. The molecule has 90 valence electrons. The summed E-state index contributed by atoms with van der Waals surface area (Å²) in [6.07, 6.45) is 2.04. The first kappa shape index (κ1) is 11.9. The van der Waals surface area contributed by atoms with E-state index in [0.29, 0.717) is 6.61 Å². The maximum absolute atomic E-state index is 12.0. The molecule has 17 heavy (non-hydrogen) atoms. The predicted molar refractivity (Wildman–Crippen MR) is 69.3 cm³/mol. The van der Waals surface area contributed by atoms with Crippen LogP contribution in [0.25, 0.3) is 10.9 Å². The first-order chi connectivity index (χ1) is 8.26. The van der Waals surface area contributed by atoms with Gasteiger partial charge in [0.2, 0.25) is 0 Å². The molecule has 1 aromatic carbocycles. The number of para-hydroxylation sites is 1. The number of rotatable bonds is 4. The van der Waals surface area contributed by atoms with Crippen LogP contribution in [0.2, 0.25) is 0 Å². The number of hydrogen-bond donors (Lipinski definition) is 1. The predicted octanol–water partition coefficient (Wildman–Crippen LogP) is 2.63. The number of hydrogen-bond acceptors (Lipinski definition) is 2. The van der Waals surface area contributed by atoms with Crippen LogP contribution in [-0.2, 0) is 17.8 Å². The van der Waals surface area contributed by atoms with E-state index in [4.69, 9.17) is 4.74 Å². The monoisotopic (exact) mass is 231 g/mol. The highest BCUT2D eigenvalue weighted by atomic mass is 16.5. The Labute approximate surface area is 100 Å². The summed E-state index contributed by atoms with van der Waals surface area (Å²) in [5, 5.41) is 0.760. The van der Waals surface area contributed by atoms with Gasteiger partial charge in [-0.3, -0.25) is 4.79 Å². The third-order valence-corrected chi connectivity index (χ3v) is 2.83. The van der Waals surface area contributed by atoms with Crippen LogP contribution in [0.3, 0.4) is 0 Å². The van der Waals surface area contributed by atoms with E-state index in [1.807, 2.05) is 12.1 Å². The molecule has 0 spiro atoms. The first-order valence-electron chi connectivity index (χ1n) is 5.89. The van der Waals surface area contributed by atoms with Crippen LogP contribution in [-0.4, -0.2) is 12.1 Å². The van der Waals surface area contributed by atoms with Crippen molar-refractivity contribution in [2.75, 3.05) is 7.11 Å². The van der Waals surface area contributed by atoms with Gasteiger partial charge in [0, 0.05) is 24.3 Å². The largest absolute Gasteiger partial charge is 0.378 e. The smallest absolute Gasteiger partial charge is 0.189 e. The van der Waals surface area contributed by atoms with Crippen LogP contribution in [0.15, 0.2) is 29.1 Å². The van der Waals surface area contributed by atoms with Crippen molar-refractivity contribution in [2.24, 2.45) is 0 Å². The zero-order valence-electron chi connectivity index (χ0n) is 10.2. The average molecular weight is 231 g/mol. The molecular weight excluding hydrogens is 214 g/mol. The molecule has 0 unspecified atom stereocenters. The number of pyridine rings is 1. The molecule has 3 nitrogen and oxygen atoms in total. The van der Waals surface area contributed by atoms with E-state index in [0.717, 1.165) is 29.4 Å². The average Bonchev–Trinajstić information content (AvgIpc) is 2.31. The normalized spacial score (nSPS) is 10.9. The highest BCUT2D eigenvalue weighted by Crippen LogP contribution is 2.16. The van der Waals surface area contributed by atoms with Crippen molar-refractivity contribution in [2.45, 2.75) is 26.4 Å². The van der Waals surface area contributed by atoms with Crippen molar-refractivity contribution in [1.82, 2.24) is 4.98 Å². The molecule has 0 radical (unpaired) electrons. The molecule has 0 fully saturated rings. The molecule has 0 bridgehead atoms. The Morgan fingerprint density at radius 2 is 2.18 bits per heavy atom. The molecule has 1 heterocycles. The summed E-state index contributed by atoms with van der Waals surface area (Å²) in [6.45, 7) is 2.57. The van der Waals surface area contributed by atoms with Gasteiger partial charge in [0.15, 0.2) is 5.43 Å². The lowest BCUT2D eigenvalue weighted by atomic mass is 10.1. The van der Waals surface area contributed by atoms with Gasteiger partial charge in [0.05, 0.1) is 12.1 Å². The van der Waals surface area contributed by atoms with Crippen LogP contribution in [0.4, 0.5) is 0 Å². The Hall–Kier alpha value is -1.61. The molecular formula is C14H17NO2. The standard InChI is InChI=1S/C14H17NO2/c1-3-5-10-6-4-7-12-13(16)8-11(9-17-2)15-14(10)12/h4,6-8H,3,5,9H2,1-2H3,(H,15,16). The van der Waals surface area contributed by atoms with E-state index in [1.165, 1.54) is 5.56 Å². The van der Waals surface area contributed by atoms with E-state index in [2.05, 4.69) is 18.0 Å². The van der Waals surface area contributed by atoms with Crippen molar-refractivity contribution < 1.29 is 4.74 Å². The summed E-state index contributed by atoms with van der Waals surface area (Å²) in [5.41, 5.74) is 3.03. The maximum Gasteiger partial charge on any atom is 0.189 e. The number of aromatic nitrogens is 1. The number of methoxy groups -OCH3 is 1.